The number of benzene rings is 1. The summed E-state index contributed by atoms with van der Waals surface area (Å²) in [5.41, 5.74) is 0.525. The van der Waals surface area contributed by atoms with Crippen molar-refractivity contribution < 1.29 is 4.92 Å². The fourth-order valence-corrected chi connectivity index (χ4v) is 1.58. The molecule has 5 nitrogen and oxygen atoms in total. The predicted octanol–water partition coefficient (Wildman–Crippen LogP) is 2.60. The lowest BCUT2D eigenvalue weighted by Crippen LogP contribution is -1.89. The summed E-state index contributed by atoms with van der Waals surface area (Å²) in [5, 5.41) is 20.4. The molecule has 0 saturated heterocycles. The standard InChI is InChI=1S/C9H4ClN3O2/c10-5-1-2-6-7(4-11)9(13(14)15)12-8(6)3-5/h1-3,12H. The molecule has 1 N–H and O–H groups in total. The molecule has 2 rings (SSSR count). The van der Waals surface area contributed by atoms with E-state index >= 15 is 0 Å². The van der Waals surface area contributed by atoms with Gasteiger partial charge in [0.15, 0.2) is 5.56 Å². The van der Waals surface area contributed by atoms with Gasteiger partial charge in [-0.05, 0) is 17.1 Å². The quantitative estimate of drug-likeness (QED) is 0.593. The van der Waals surface area contributed by atoms with Crippen LogP contribution in [0.5, 0.6) is 0 Å². The molecule has 0 fully saturated rings. The first kappa shape index (κ1) is 9.49. The molecule has 1 aromatic heterocycles. The van der Waals surface area contributed by atoms with Gasteiger partial charge in [-0.15, -0.1) is 0 Å². The monoisotopic (exact) mass is 221 g/mol. The van der Waals surface area contributed by atoms with Crippen molar-refractivity contribution in [1.82, 2.24) is 4.98 Å². The molecule has 1 aromatic carbocycles. The highest BCUT2D eigenvalue weighted by atomic mass is 35.5. The van der Waals surface area contributed by atoms with Gasteiger partial charge >= 0.3 is 5.82 Å². The van der Waals surface area contributed by atoms with Crippen molar-refractivity contribution in [3.05, 3.63) is 38.9 Å². The zero-order valence-corrected chi connectivity index (χ0v) is 8.08. The number of nitrogens with zero attached hydrogens (tertiary/aromatic N) is 2. The minimum Gasteiger partial charge on any atom is -0.358 e. The molecular weight excluding hydrogens is 218 g/mol. The van der Waals surface area contributed by atoms with Gasteiger partial charge in [0.25, 0.3) is 0 Å². The minimum absolute atomic E-state index is 0.0340. The second-order valence-corrected chi connectivity index (χ2v) is 3.34. The Morgan fingerprint density at radius 3 is 2.87 bits per heavy atom. The third-order valence-electron chi connectivity index (χ3n) is 2.04. The zero-order chi connectivity index (χ0) is 11.0. The molecule has 0 unspecified atom stereocenters. The summed E-state index contributed by atoms with van der Waals surface area (Å²) >= 11 is 5.73. The lowest BCUT2D eigenvalue weighted by atomic mass is 10.2. The average molecular weight is 222 g/mol. The Labute approximate surface area is 89.0 Å². The number of rotatable bonds is 1. The Hall–Kier alpha value is -2.06. The molecule has 0 atom stereocenters. The summed E-state index contributed by atoms with van der Waals surface area (Å²) in [6.45, 7) is 0. The molecule has 0 aliphatic heterocycles. The first-order chi connectivity index (χ1) is 7.13. The molecule has 74 valence electrons. The van der Waals surface area contributed by atoms with Crippen LogP contribution in [0, 0.1) is 21.4 Å². The molecule has 2 aromatic rings. The molecule has 0 spiro atoms. The van der Waals surface area contributed by atoms with Gasteiger partial charge in [0, 0.05) is 16.5 Å². The van der Waals surface area contributed by atoms with Crippen LogP contribution in [0.4, 0.5) is 5.82 Å². The maximum atomic E-state index is 10.6. The van der Waals surface area contributed by atoms with Crippen LogP contribution < -0.4 is 0 Å². The number of hydrogen-bond acceptors (Lipinski definition) is 3. The number of halogens is 1. The summed E-state index contributed by atoms with van der Waals surface area (Å²) in [7, 11) is 0. The van der Waals surface area contributed by atoms with Crippen LogP contribution in [0.15, 0.2) is 18.2 Å². The molecule has 1 heterocycles. The van der Waals surface area contributed by atoms with Crippen LogP contribution in [0.3, 0.4) is 0 Å². The highest BCUT2D eigenvalue weighted by molar-refractivity contribution is 6.31. The van der Waals surface area contributed by atoms with E-state index in [9.17, 15) is 10.1 Å². The van der Waals surface area contributed by atoms with Gasteiger partial charge in [-0.2, -0.15) is 5.26 Å². The SMILES string of the molecule is N#Cc1c([N+](=O)[O-])[nH]c2cc(Cl)ccc12. The minimum atomic E-state index is -0.619. The third-order valence-corrected chi connectivity index (χ3v) is 2.27. The first-order valence-electron chi connectivity index (χ1n) is 3.99. The Morgan fingerprint density at radius 2 is 2.27 bits per heavy atom. The van der Waals surface area contributed by atoms with Gasteiger partial charge in [0.1, 0.15) is 11.6 Å². The lowest BCUT2D eigenvalue weighted by molar-refractivity contribution is -0.389. The Kier molecular flexibility index (Phi) is 2.06. The van der Waals surface area contributed by atoms with E-state index in [-0.39, 0.29) is 11.4 Å². The van der Waals surface area contributed by atoms with Gasteiger partial charge in [0.2, 0.25) is 0 Å². The summed E-state index contributed by atoms with van der Waals surface area (Å²) in [6.07, 6.45) is 0. The van der Waals surface area contributed by atoms with E-state index in [1.807, 2.05) is 0 Å². The number of nitriles is 1. The highest BCUT2D eigenvalue weighted by Crippen LogP contribution is 2.28. The Bertz CT molecular complexity index is 597. The number of nitro groups is 1. The summed E-state index contributed by atoms with van der Waals surface area (Å²) in [4.78, 5) is 12.6. The van der Waals surface area contributed by atoms with E-state index < -0.39 is 4.92 Å². The van der Waals surface area contributed by atoms with Crippen LogP contribution >= 0.6 is 11.6 Å². The first-order valence-corrected chi connectivity index (χ1v) is 4.37. The molecule has 15 heavy (non-hydrogen) atoms. The van der Waals surface area contributed by atoms with E-state index in [1.54, 1.807) is 24.3 Å². The van der Waals surface area contributed by atoms with Crippen molar-refractivity contribution in [3.8, 4) is 6.07 Å². The molecule has 0 aliphatic carbocycles. The molecule has 0 radical (unpaired) electrons. The van der Waals surface area contributed by atoms with Gasteiger partial charge in [-0.25, -0.2) is 4.98 Å². The Morgan fingerprint density at radius 1 is 1.53 bits per heavy atom. The number of aromatic nitrogens is 1. The van der Waals surface area contributed by atoms with E-state index in [1.165, 1.54) is 0 Å². The largest absolute Gasteiger partial charge is 0.358 e. The van der Waals surface area contributed by atoms with Crippen LogP contribution in [0.2, 0.25) is 5.02 Å². The average Bonchev–Trinajstić information content (AvgIpc) is 2.55. The number of hydrogen-bond donors (Lipinski definition) is 1. The van der Waals surface area contributed by atoms with Crippen molar-refractivity contribution in [2.45, 2.75) is 0 Å². The van der Waals surface area contributed by atoms with Gasteiger partial charge in [0.05, 0.1) is 0 Å². The Balaban J connectivity index is 2.86. The predicted molar refractivity (Wildman–Crippen MR) is 54.7 cm³/mol. The van der Waals surface area contributed by atoms with Gasteiger partial charge in [-0.1, -0.05) is 11.6 Å². The number of nitrogens with one attached hydrogen (secondary N) is 1. The molecule has 0 saturated carbocycles. The molecule has 6 heteroatoms. The number of fused-ring (bicyclic) bond motifs is 1. The highest BCUT2D eigenvalue weighted by Gasteiger charge is 2.19. The van der Waals surface area contributed by atoms with E-state index in [0.717, 1.165) is 0 Å². The van der Waals surface area contributed by atoms with E-state index in [4.69, 9.17) is 16.9 Å². The molecule has 0 aliphatic rings. The lowest BCUT2D eigenvalue weighted by Gasteiger charge is -1.88. The van der Waals surface area contributed by atoms with Crippen LogP contribution in [-0.4, -0.2) is 9.91 Å². The number of aromatic amines is 1. The van der Waals surface area contributed by atoms with Gasteiger partial charge < -0.3 is 10.1 Å². The van der Waals surface area contributed by atoms with E-state index in [2.05, 4.69) is 4.98 Å². The maximum Gasteiger partial charge on any atom is 0.339 e. The maximum absolute atomic E-state index is 10.6. The zero-order valence-electron chi connectivity index (χ0n) is 7.32. The smallest absolute Gasteiger partial charge is 0.339 e. The van der Waals surface area contributed by atoms with Crippen molar-refractivity contribution >= 4 is 28.3 Å². The van der Waals surface area contributed by atoms with Crippen molar-refractivity contribution in [3.63, 3.8) is 0 Å². The van der Waals surface area contributed by atoms with E-state index in [0.29, 0.717) is 15.9 Å². The second kappa shape index (κ2) is 3.26. The summed E-state index contributed by atoms with van der Waals surface area (Å²) in [6, 6.07) is 6.52. The molecular formula is C9H4ClN3O2. The second-order valence-electron chi connectivity index (χ2n) is 2.91. The normalized spacial score (nSPS) is 10.1. The van der Waals surface area contributed by atoms with Crippen LogP contribution in [-0.2, 0) is 0 Å². The van der Waals surface area contributed by atoms with Crippen molar-refractivity contribution in [2.75, 3.05) is 0 Å². The number of H-pyrrole nitrogens is 1. The summed E-state index contributed by atoms with van der Waals surface area (Å²) in [5.74, 6) is -0.297. The molecule has 0 amide bonds. The van der Waals surface area contributed by atoms with Crippen molar-refractivity contribution in [1.29, 1.82) is 5.26 Å². The fourth-order valence-electron chi connectivity index (χ4n) is 1.41. The van der Waals surface area contributed by atoms with Crippen molar-refractivity contribution in [2.24, 2.45) is 0 Å². The third kappa shape index (κ3) is 1.41. The van der Waals surface area contributed by atoms with Gasteiger partial charge in [-0.3, -0.25) is 0 Å². The molecule has 0 bridgehead atoms. The fraction of sp³-hybridized carbons (Fsp3) is 0. The summed E-state index contributed by atoms with van der Waals surface area (Å²) < 4.78 is 0. The van der Waals surface area contributed by atoms with Crippen LogP contribution in [0.25, 0.3) is 10.9 Å². The van der Waals surface area contributed by atoms with Crippen LogP contribution in [0.1, 0.15) is 5.56 Å². The topological polar surface area (TPSA) is 82.7 Å².